The highest BCUT2D eigenvalue weighted by Crippen LogP contribution is 2.22. The minimum absolute atomic E-state index is 0.354. The first-order valence-corrected chi connectivity index (χ1v) is 6.82. The molecule has 0 amide bonds. The molecule has 0 saturated heterocycles. The van der Waals surface area contributed by atoms with Crippen LogP contribution < -0.4 is 10.6 Å². The van der Waals surface area contributed by atoms with Crippen molar-refractivity contribution in [1.82, 2.24) is 15.5 Å². The van der Waals surface area contributed by atoms with Gasteiger partial charge in [0.1, 0.15) is 0 Å². The highest BCUT2D eigenvalue weighted by molar-refractivity contribution is 7.10. The Kier molecular flexibility index (Phi) is 6.46. The topological polar surface area (TPSA) is 39.7 Å². The zero-order valence-corrected chi connectivity index (χ0v) is 12.1. The molecule has 0 aliphatic rings. The van der Waals surface area contributed by atoms with E-state index in [1.165, 1.54) is 4.88 Å². The largest absolute Gasteiger partial charge is 0.354 e. The van der Waals surface area contributed by atoms with E-state index in [1.807, 2.05) is 6.08 Å². The van der Waals surface area contributed by atoms with Gasteiger partial charge >= 0.3 is 0 Å². The fourth-order valence-electron chi connectivity index (χ4n) is 1.60. The van der Waals surface area contributed by atoms with Crippen LogP contribution in [0.15, 0.2) is 35.2 Å². The van der Waals surface area contributed by atoms with Crippen LogP contribution in [0.4, 0.5) is 0 Å². The van der Waals surface area contributed by atoms with Crippen LogP contribution in [0.1, 0.15) is 10.9 Å². The predicted octanol–water partition coefficient (Wildman–Crippen LogP) is 1.70. The summed E-state index contributed by atoms with van der Waals surface area (Å²) in [4.78, 5) is 7.73. The third-order valence-corrected chi connectivity index (χ3v) is 3.57. The second-order valence-electron chi connectivity index (χ2n) is 4.12. The average Bonchev–Trinajstić information content (AvgIpc) is 2.86. The van der Waals surface area contributed by atoms with Crippen LogP contribution >= 0.6 is 11.3 Å². The maximum absolute atomic E-state index is 4.17. The van der Waals surface area contributed by atoms with E-state index in [-0.39, 0.29) is 0 Å². The number of aliphatic imine (C=N–C) groups is 1. The molecular weight excluding hydrogens is 244 g/mol. The Morgan fingerprint density at radius 3 is 2.83 bits per heavy atom. The number of hydrogen-bond donors (Lipinski definition) is 2. The third kappa shape index (κ3) is 4.50. The summed E-state index contributed by atoms with van der Waals surface area (Å²) in [6.07, 6.45) is 1.82. The summed E-state index contributed by atoms with van der Waals surface area (Å²) in [7, 11) is 5.95. The van der Waals surface area contributed by atoms with E-state index in [9.17, 15) is 0 Å². The summed E-state index contributed by atoms with van der Waals surface area (Å²) >= 11 is 1.78. The van der Waals surface area contributed by atoms with Crippen LogP contribution in [-0.4, -0.2) is 45.1 Å². The van der Waals surface area contributed by atoms with Crippen LogP contribution in [0.5, 0.6) is 0 Å². The minimum atomic E-state index is 0.354. The Morgan fingerprint density at radius 2 is 2.33 bits per heavy atom. The molecule has 100 valence electrons. The predicted molar refractivity (Wildman–Crippen MR) is 80.3 cm³/mol. The molecule has 0 aromatic carbocycles. The molecule has 1 atom stereocenters. The van der Waals surface area contributed by atoms with Gasteiger partial charge in [-0.1, -0.05) is 12.1 Å². The third-order valence-electron chi connectivity index (χ3n) is 2.60. The minimum Gasteiger partial charge on any atom is -0.354 e. The van der Waals surface area contributed by atoms with Gasteiger partial charge in [-0.25, -0.2) is 0 Å². The van der Waals surface area contributed by atoms with Gasteiger partial charge in [0.15, 0.2) is 5.96 Å². The zero-order valence-electron chi connectivity index (χ0n) is 11.3. The number of guanidine groups is 1. The molecule has 0 fully saturated rings. The lowest BCUT2D eigenvalue weighted by Crippen LogP contribution is -2.41. The number of thiophene rings is 1. The normalized spacial score (nSPS) is 13.4. The van der Waals surface area contributed by atoms with Gasteiger partial charge in [-0.15, -0.1) is 17.9 Å². The summed E-state index contributed by atoms with van der Waals surface area (Å²) in [6, 6.07) is 4.60. The quantitative estimate of drug-likeness (QED) is 0.468. The van der Waals surface area contributed by atoms with Crippen molar-refractivity contribution >= 4 is 17.3 Å². The van der Waals surface area contributed by atoms with Crippen molar-refractivity contribution in [2.24, 2.45) is 4.99 Å². The SMILES string of the molecule is C=CCNC(=NC)NCC(c1cccs1)N(C)C. The second kappa shape index (κ2) is 7.89. The zero-order chi connectivity index (χ0) is 13.4. The van der Waals surface area contributed by atoms with E-state index in [4.69, 9.17) is 0 Å². The Morgan fingerprint density at radius 1 is 1.56 bits per heavy atom. The van der Waals surface area contributed by atoms with Crippen molar-refractivity contribution in [3.05, 3.63) is 35.0 Å². The Hall–Kier alpha value is -1.33. The Labute approximate surface area is 113 Å². The lowest BCUT2D eigenvalue weighted by atomic mass is 10.2. The fraction of sp³-hybridized carbons (Fsp3) is 0.462. The molecule has 0 radical (unpaired) electrons. The van der Waals surface area contributed by atoms with Gasteiger partial charge in [0, 0.05) is 25.0 Å². The smallest absolute Gasteiger partial charge is 0.191 e. The standard InChI is InChI=1S/C13H22N4S/c1-5-8-15-13(14-2)16-10-11(17(3)4)12-7-6-9-18-12/h5-7,9,11H,1,8,10H2,2-4H3,(H2,14,15,16). The summed E-state index contributed by atoms with van der Waals surface area (Å²) < 4.78 is 0. The molecule has 0 aliphatic carbocycles. The van der Waals surface area contributed by atoms with Crippen molar-refractivity contribution in [2.45, 2.75) is 6.04 Å². The summed E-state index contributed by atoms with van der Waals surface area (Å²) in [6.45, 7) is 5.22. The molecule has 0 aliphatic heterocycles. The first kappa shape index (κ1) is 14.7. The molecule has 1 rings (SSSR count). The Balaban J connectivity index is 2.55. The maximum Gasteiger partial charge on any atom is 0.191 e. The van der Waals surface area contributed by atoms with Crippen molar-refractivity contribution in [3.63, 3.8) is 0 Å². The highest BCUT2D eigenvalue weighted by Gasteiger charge is 2.15. The van der Waals surface area contributed by atoms with Gasteiger partial charge in [-0.05, 0) is 25.5 Å². The highest BCUT2D eigenvalue weighted by atomic mass is 32.1. The van der Waals surface area contributed by atoms with Gasteiger partial charge in [0.2, 0.25) is 0 Å². The van der Waals surface area contributed by atoms with Crippen molar-refractivity contribution in [3.8, 4) is 0 Å². The van der Waals surface area contributed by atoms with E-state index < -0.39 is 0 Å². The summed E-state index contributed by atoms with van der Waals surface area (Å²) in [5.74, 6) is 0.804. The molecule has 4 nitrogen and oxygen atoms in total. The molecule has 1 aromatic heterocycles. The number of hydrogen-bond acceptors (Lipinski definition) is 3. The van der Waals surface area contributed by atoms with Crippen LogP contribution in [0.25, 0.3) is 0 Å². The van der Waals surface area contributed by atoms with Gasteiger partial charge in [-0.2, -0.15) is 0 Å². The first-order valence-electron chi connectivity index (χ1n) is 5.94. The van der Waals surface area contributed by atoms with Crippen LogP contribution in [0.3, 0.4) is 0 Å². The fourth-order valence-corrected chi connectivity index (χ4v) is 2.52. The van der Waals surface area contributed by atoms with E-state index in [0.717, 1.165) is 12.5 Å². The maximum atomic E-state index is 4.17. The van der Waals surface area contributed by atoms with Crippen molar-refractivity contribution in [1.29, 1.82) is 0 Å². The number of nitrogens with zero attached hydrogens (tertiary/aromatic N) is 2. The Bertz CT molecular complexity index is 370. The molecule has 5 heteroatoms. The van der Waals surface area contributed by atoms with E-state index in [2.05, 4.69) is 58.7 Å². The van der Waals surface area contributed by atoms with Crippen LogP contribution in [0, 0.1) is 0 Å². The van der Waals surface area contributed by atoms with E-state index in [1.54, 1.807) is 18.4 Å². The summed E-state index contributed by atoms with van der Waals surface area (Å²) in [5.41, 5.74) is 0. The van der Waals surface area contributed by atoms with E-state index in [0.29, 0.717) is 12.6 Å². The molecule has 0 spiro atoms. The number of rotatable bonds is 6. The molecule has 1 aromatic rings. The molecular formula is C13H22N4S. The van der Waals surface area contributed by atoms with Gasteiger partial charge in [0.25, 0.3) is 0 Å². The second-order valence-corrected chi connectivity index (χ2v) is 5.10. The monoisotopic (exact) mass is 266 g/mol. The van der Waals surface area contributed by atoms with Crippen molar-refractivity contribution < 1.29 is 0 Å². The molecule has 0 bridgehead atoms. The first-order chi connectivity index (χ1) is 8.69. The molecule has 2 N–H and O–H groups in total. The molecule has 18 heavy (non-hydrogen) atoms. The van der Waals surface area contributed by atoms with Gasteiger partial charge in [0.05, 0.1) is 6.04 Å². The van der Waals surface area contributed by atoms with Crippen LogP contribution in [0.2, 0.25) is 0 Å². The average molecular weight is 266 g/mol. The number of nitrogens with one attached hydrogen (secondary N) is 2. The van der Waals surface area contributed by atoms with Gasteiger partial charge < -0.3 is 15.5 Å². The summed E-state index contributed by atoms with van der Waals surface area (Å²) in [5, 5.41) is 8.60. The molecule has 0 saturated carbocycles. The molecule has 1 unspecified atom stereocenters. The number of likely N-dealkylation sites (N-methyl/N-ethyl adjacent to an activating group) is 1. The van der Waals surface area contributed by atoms with Crippen molar-refractivity contribution in [2.75, 3.05) is 34.2 Å². The van der Waals surface area contributed by atoms with Gasteiger partial charge in [-0.3, -0.25) is 4.99 Å². The molecule has 1 heterocycles. The van der Waals surface area contributed by atoms with Crippen LogP contribution in [-0.2, 0) is 0 Å². The lowest BCUT2D eigenvalue weighted by molar-refractivity contribution is 0.302. The van der Waals surface area contributed by atoms with E-state index >= 15 is 0 Å². The lowest BCUT2D eigenvalue weighted by Gasteiger charge is -2.24.